The Balaban J connectivity index is 1.23. The van der Waals surface area contributed by atoms with Gasteiger partial charge in [0.15, 0.2) is 6.10 Å². The maximum absolute atomic E-state index is 12.5. The first-order chi connectivity index (χ1) is 16.6. The van der Waals surface area contributed by atoms with E-state index in [9.17, 15) is 14.7 Å². The van der Waals surface area contributed by atoms with Crippen LogP contribution in [0.25, 0.3) is 22.3 Å². The molecule has 7 nitrogen and oxygen atoms in total. The number of carboxylic acid groups (broad SMARTS) is 1. The standard InChI is InChI=1S/C27H25NO6/c29-26(21-12-10-20(11-13-21)25-16-22-8-4-5-9-23(22)34-25)28-15-14-24(27(30)31)33-18-32-17-19-6-2-1-3-7-19/h1-13,16,24H,14-15,17-18H2,(H,28,29)(H,30,31)/t24-/m0/s1. The summed E-state index contributed by atoms with van der Waals surface area (Å²) in [5.41, 5.74) is 3.11. The zero-order valence-corrected chi connectivity index (χ0v) is 18.5. The zero-order chi connectivity index (χ0) is 23.8. The number of carboxylic acids is 1. The van der Waals surface area contributed by atoms with Crippen LogP contribution >= 0.6 is 0 Å². The van der Waals surface area contributed by atoms with E-state index in [1.807, 2.05) is 72.8 Å². The van der Waals surface area contributed by atoms with Crippen LogP contribution in [0.15, 0.2) is 89.3 Å². The Morgan fingerprint density at radius 1 is 0.941 bits per heavy atom. The van der Waals surface area contributed by atoms with Crippen molar-refractivity contribution < 1.29 is 28.6 Å². The summed E-state index contributed by atoms with van der Waals surface area (Å²) in [6.45, 7) is 0.330. The van der Waals surface area contributed by atoms with Gasteiger partial charge in [0, 0.05) is 29.5 Å². The minimum Gasteiger partial charge on any atom is -0.479 e. The number of amides is 1. The second-order valence-electron chi connectivity index (χ2n) is 7.72. The topological polar surface area (TPSA) is 98.0 Å². The van der Waals surface area contributed by atoms with Crippen molar-refractivity contribution in [2.24, 2.45) is 0 Å². The van der Waals surface area contributed by atoms with Crippen molar-refractivity contribution in [1.29, 1.82) is 0 Å². The van der Waals surface area contributed by atoms with Gasteiger partial charge >= 0.3 is 5.97 Å². The first-order valence-electron chi connectivity index (χ1n) is 10.9. The number of furan rings is 1. The Morgan fingerprint density at radius 2 is 1.68 bits per heavy atom. The van der Waals surface area contributed by atoms with Crippen LogP contribution in [0, 0.1) is 0 Å². The predicted octanol–water partition coefficient (Wildman–Crippen LogP) is 4.86. The molecule has 0 saturated heterocycles. The van der Waals surface area contributed by atoms with Gasteiger partial charge in [-0.2, -0.15) is 0 Å². The summed E-state index contributed by atoms with van der Waals surface area (Å²) in [6.07, 6.45) is -0.959. The number of ether oxygens (including phenoxy) is 2. The van der Waals surface area contributed by atoms with E-state index in [4.69, 9.17) is 13.9 Å². The van der Waals surface area contributed by atoms with Gasteiger partial charge in [0.1, 0.15) is 18.1 Å². The van der Waals surface area contributed by atoms with Gasteiger partial charge in [-0.05, 0) is 29.8 Å². The van der Waals surface area contributed by atoms with Gasteiger partial charge in [0.2, 0.25) is 0 Å². The number of hydrogen-bond acceptors (Lipinski definition) is 5. The Bertz CT molecular complexity index is 1200. The summed E-state index contributed by atoms with van der Waals surface area (Å²) in [4.78, 5) is 23.9. The van der Waals surface area contributed by atoms with E-state index in [-0.39, 0.29) is 25.7 Å². The molecule has 0 aliphatic carbocycles. The number of rotatable bonds is 11. The monoisotopic (exact) mass is 459 g/mol. The van der Waals surface area contributed by atoms with Gasteiger partial charge < -0.3 is 24.3 Å². The summed E-state index contributed by atoms with van der Waals surface area (Å²) in [5, 5.41) is 13.1. The third-order valence-corrected chi connectivity index (χ3v) is 5.29. The van der Waals surface area contributed by atoms with Crippen molar-refractivity contribution in [3.8, 4) is 11.3 Å². The molecule has 0 unspecified atom stereocenters. The molecule has 4 rings (SSSR count). The normalized spacial score (nSPS) is 11.9. The van der Waals surface area contributed by atoms with Crippen molar-refractivity contribution in [3.05, 3.63) is 96.1 Å². The maximum Gasteiger partial charge on any atom is 0.332 e. The lowest BCUT2D eigenvalue weighted by atomic mass is 10.1. The second-order valence-corrected chi connectivity index (χ2v) is 7.72. The van der Waals surface area contributed by atoms with E-state index in [0.29, 0.717) is 12.2 Å². The van der Waals surface area contributed by atoms with E-state index in [1.165, 1.54) is 0 Å². The fraction of sp³-hybridized carbons (Fsp3) is 0.185. The number of fused-ring (bicyclic) bond motifs is 1. The molecule has 4 aromatic rings. The molecular formula is C27H25NO6. The van der Waals surface area contributed by atoms with Crippen LogP contribution in [0.3, 0.4) is 0 Å². The van der Waals surface area contributed by atoms with Gasteiger partial charge in [0.05, 0.1) is 6.61 Å². The van der Waals surface area contributed by atoms with E-state index >= 15 is 0 Å². The van der Waals surface area contributed by atoms with E-state index in [2.05, 4.69) is 5.32 Å². The quantitative estimate of drug-likeness (QED) is 0.245. The number of aliphatic carboxylic acids is 1. The fourth-order valence-electron chi connectivity index (χ4n) is 3.47. The molecule has 2 N–H and O–H groups in total. The number of hydrogen-bond donors (Lipinski definition) is 2. The molecule has 0 saturated carbocycles. The molecule has 1 aromatic heterocycles. The molecule has 0 spiro atoms. The fourth-order valence-corrected chi connectivity index (χ4v) is 3.47. The average Bonchev–Trinajstić information content (AvgIpc) is 3.30. The van der Waals surface area contributed by atoms with Crippen molar-refractivity contribution >= 4 is 22.8 Å². The van der Waals surface area contributed by atoms with Crippen molar-refractivity contribution in [1.82, 2.24) is 5.32 Å². The average molecular weight is 459 g/mol. The van der Waals surface area contributed by atoms with Crippen LogP contribution in [0.2, 0.25) is 0 Å². The van der Waals surface area contributed by atoms with Gasteiger partial charge in [-0.15, -0.1) is 0 Å². The summed E-state index contributed by atoms with van der Waals surface area (Å²) >= 11 is 0. The highest BCUT2D eigenvalue weighted by Gasteiger charge is 2.18. The summed E-state index contributed by atoms with van der Waals surface area (Å²) in [5.74, 6) is -0.669. The van der Waals surface area contributed by atoms with Gasteiger partial charge in [-0.25, -0.2) is 4.79 Å². The summed E-state index contributed by atoms with van der Waals surface area (Å²) < 4.78 is 16.6. The third-order valence-electron chi connectivity index (χ3n) is 5.29. The van der Waals surface area contributed by atoms with Gasteiger partial charge in [-0.1, -0.05) is 60.7 Å². The minimum absolute atomic E-state index is 0.118. The smallest absolute Gasteiger partial charge is 0.332 e. The lowest BCUT2D eigenvalue weighted by Gasteiger charge is -2.14. The van der Waals surface area contributed by atoms with Crippen LogP contribution in [0.5, 0.6) is 0 Å². The Morgan fingerprint density at radius 3 is 2.41 bits per heavy atom. The molecule has 34 heavy (non-hydrogen) atoms. The van der Waals surface area contributed by atoms with Gasteiger partial charge in [-0.3, -0.25) is 4.79 Å². The highest BCUT2D eigenvalue weighted by Crippen LogP contribution is 2.27. The first kappa shape index (κ1) is 23.2. The SMILES string of the molecule is O=C(NCC[C@H](OCOCc1ccccc1)C(=O)O)c1ccc(-c2cc3ccccc3o2)cc1. The van der Waals surface area contributed by atoms with E-state index in [1.54, 1.807) is 12.1 Å². The number of para-hydroxylation sites is 1. The van der Waals surface area contributed by atoms with Crippen LogP contribution < -0.4 is 5.32 Å². The molecule has 7 heteroatoms. The van der Waals surface area contributed by atoms with Crippen molar-refractivity contribution in [2.75, 3.05) is 13.3 Å². The number of benzene rings is 3. The zero-order valence-electron chi connectivity index (χ0n) is 18.5. The minimum atomic E-state index is -1.10. The molecule has 174 valence electrons. The molecule has 1 amide bonds. The molecular weight excluding hydrogens is 434 g/mol. The number of carbonyl (C=O) groups is 2. The number of carbonyl (C=O) groups excluding carboxylic acids is 1. The molecule has 0 bridgehead atoms. The molecule has 3 aromatic carbocycles. The van der Waals surface area contributed by atoms with Crippen molar-refractivity contribution in [2.45, 2.75) is 19.1 Å². The molecule has 0 fully saturated rings. The molecule has 1 heterocycles. The Labute approximate surface area is 196 Å². The molecule has 0 radical (unpaired) electrons. The highest BCUT2D eigenvalue weighted by molar-refractivity contribution is 5.94. The first-order valence-corrected chi connectivity index (χ1v) is 10.9. The second kappa shape index (κ2) is 11.3. The summed E-state index contributed by atoms with van der Waals surface area (Å²) in [6, 6.07) is 26.3. The van der Waals surface area contributed by atoms with Crippen LogP contribution in [-0.2, 0) is 20.9 Å². The maximum atomic E-state index is 12.5. The van der Waals surface area contributed by atoms with Crippen LogP contribution in [0.4, 0.5) is 0 Å². The lowest BCUT2D eigenvalue weighted by Crippen LogP contribution is -2.32. The molecule has 0 aliphatic heterocycles. The third kappa shape index (κ3) is 6.10. The van der Waals surface area contributed by atoms with Crippen LogP contribution in [0.1, 0.15) is 22.3 Å². The largest absolute Gasteiger partial charge is 0.479 e. The molecule has 0 aliphatic rings. The Kier molecular flexibility index (Phi) is 7.70. The van der Waals surface area contributed by atoms with E-state index in [0.717, 1.165) is 27.9 Å². The lowest BCUT2D eigenvalue weighted by molar-refractivity contribution is -0.162. The van der Waals surface area contributed by atoms with Gasteiger partial charge in [0.25, 0.3) is 5.91 Å². The Hall–Kier alpha value is -3.94. The number of nitrogens with one attached hydrogen (secondary N) is 1. The molecule has 1 atom stereocenters. The van der Waals surface area contributed by atoms with Crippen molar-refractivity contribution in [3.63, 3.8) is 0 Å². The highest BCUT2D eigenvalue weighted by atomic mass is 16.7. The predicted molar refractivity (Wildman–Crippen MR) is 127 cm³/mol. The summed E-state index contributed by atoms with van der Waals surface area (Å²) in [7, 11) is 0. The van der Waals surface area contributed by atoms with E-state index < -0.39 is 12.1 Å². The van der Waals surface area contributed by atoms with Crippen LogP contribution in [-0.4, -0.2) is 36.4 Å².